The Morgan fingerprint density at radius 3 is 2.45 bits per heavy atom. The smallest absolute Gasteiger partial charge is 0.232 e. The second-order valence-corrected chi connectivity index (χ2v) is 5.23. The van der Waals surface area contributed by atoms with Crippen molar-refractivity contribution in [2.45, 2.75) is 32.2 Å². The minimum atomic E-state index is 0.108. The first-order chi connectivity index (χ1) is 9.65. The summed E-state index contributed by atoms with van der Waals surface area (Å²) in [7, 11) is 3.83. The van der Waals surface area contributed by atoms with Gasteiger partial charge in [-0.25, -0.2) is 0 Å². The summed E-state index contributed by atoms with van der Waals surface area (Å²) in [5, 5.41) is 12.4. The maximum absolute atomic E-state index is 9.22. The van der Waals surface area contributed by atoms with Crippen LogP contribution in [-0.2, 0) is 0 Å². The molecule has 1 aliphatic rings. The van der Waals surface area contributed by atoms with Gasteiger partial charge in [-0.1, -0.05) is 6.92 Å². The van der Waals surface area contributed by atoms with E-state index in [1.165, 1.54) is 0 Å². The Hall–Kier alpha value is -1.63. The third kappa shape index (κ3) is 3.69. The molecule has 0 atom stereocenters. The van der Waals surface area contributed by atoms with Gasteiger partial charge >= 0.3 is 0 Å². The summed E-state index contributed by atoms with van der Waals surface area (Å²) >= 11 is 0. The molecule has 112 valence electrons. The maximum Gasteiger partial charge on any atom is 0.232 e. The van der Waals surface area contributed by atoms with Gasteiger partial charge in [-0.3, -0.25) is 0 Å². The van der Waals surface area contributed by atoms with Gasteiger partial charge in [0.1, 0.15) is 0 Å². The lowest BCUT2D eigenvalue weighted by molar-refractivity contribution is 0.300. The zero-order chi connectivity index (χ0) is 14.5. The molecule has 1 aromatic rings. The van der Waals surface area contributed by atoms with Crippen LogP contribution < -0.4 is 15.1 Å². The largest absolute Gasteiger partial charge is 0.395 e. The second kappa shape index (κ2) is 6.69. The molecule has 0 aromatic carbocycles. The predicted molar refractivity (Wildman–Crippen MR) is 80.4 cm³/mol. The lowest BCUT2D eigenvalue weighted by Gasteiger charge is -2.23. The number of aromatic nitrogens is 3. The highest BCUT2D eigenvalue weighted by molar-refractivity contribution is 5.46. The van der Waals surface area contributed by atoms with E-state index in [-0.39, 0.29) is 6.61 Å². The van der Waals surface area contributed by atoms with Crippen molar-refractivity contribution in [3.63, 3.8) is 0 Å². The van der Waals surface area contributed by atoms with Crippen molar-refractivity contribution in [1.82, 2.24) is 15.0 Å². The lowest BCUT2D eigenvalue weighted by atomic mass is 10.5. The Bertz CT molecular complexity index is 435. The third-order valence-electron chi connectivity index (χ3n) is 3.13. The number of anilines is 3. The highest BCUT2D eigenvalue weighted by Gasteiger charge is 2.31. The number of aliphatic hydroxyl groups is 1. The zero-order valence-electron chi connectivity index (χ0n) is 12.5. The highest BCUT2D eigenvalue weighted by atomic mass is 16.3. The van der Waals surface area contributed by atoms with Gasteiger partial charge in [-0.05, 0) is 19.3 Å². The molecule has 0 saturated heterocycles. The Morgan fingerprint density at radius 1 is 1.20 bits per heavy atom. The summed E-state index contributed by atoms with van der Waals surface area (Å²) in [5.74, 6) is 1.89. The molecule has 0 bridgehead atoms. The van der Waals surface area contributed by atoms with E-state index in [0.717, 1.165) is 25.8 Å². The molecule has 0 unspecified atom stereocenters. The van der Waals surface area contributed by atoms with Crippen LogP contribution in [0.5, 0.6) is 0 Å². The summed E-state index contributed by atoms with van der Waals surface area (Å²) in [4.78, 5) is 17.3. The molecular weight excluding hydrogens is 256 g/mol. The topological polar surface area (TPSA) is 77.4 Å². The molecule has 1 aliphatic carbocycles. The lowest BCUT2D eigenvalue weighted by Crippen LogP contribution is -2.31. The van der Waals surface area contributed by atoms with Crippen molar-refractivity contribution >= 4 is 17.8 Å². The van der Waals surface area contributed by atoms with E-state index in [2.05, 4.69) is 32.1 Å². The first kappa shape index (κ1) is 14.8. The van der Waals surface area contributed by atoms with Crippen LogP contribution in [-0.4, -0.2) is 59.9 Å². The summed E-state index contributed by atoms with van der Waals surface area (Å²) in [6.07, 6.45) is 3.29. The van der Waals surface area contributed by atoms with Gasteiger partial charge in [-0.2, -0.15) is 15.0 Å². The number of aliphatic hydroxyl groups excluding tert-OH is 1. The van der Waals surface area contributed by atoms with Crippen molar-refractivity contribution in [1.29, 1.82) is 0 Å². The number of rotatable bonds is 8. The van der Waals surface area contributed by atoms with Crippen LogP contribution in [0.25, 0.3) is 0 Å². The molecule has 0 radical (unpaired) electrons. The van der Waals surface area contributed by atoms with Crippen molar-refractivity contribution in [2.24, 2.45) is 0 Å². The van der Waals surface area contributed by atoms with E-state index >= 15 is 0 Å². The minimum Gasteiger partial charge on any atom is -0.395 e. The van der Waals surface area contributed by atoms with Crippen LogP contribution in [0.4, 0.5) is 17.8 Å². The van der Waals surface area contributed by atoms with Gasteiger partial charge < -0.3 is 20.2 Å². The molecule has 1 aromatic heterocycles. The average Bonchev–Trinajstić information content (AvgIpc) is 3.26. The van der Waals surface area contributed by atoms with Crippen molar-refractivity contribution in [3.05, 3.63) is 0 Å². The monoisotopic (exact) mass is 280 g/mol. The molecule has 20 heavy (non-hydrogen) atoms. The zero-order valence-corrected chi connectivity index (χ0v) is 12.5. The van der Waals surface area contributed by atoms with Gasteiger partial charge in [0.25, 0.3) is 0 Å². The molecule has 2 rings (SSSR count). The fraction of sp³-hybridized carbons (Fsp3) is 0.769. The number of hydrogen-bond donors (Lipinski definition) is 2. The molecule has 1 heterocycles. The first-order valence-electron chi connectivity index (χ1n) is 7.20. The van der Waals surface area contributed by atoms with Crippen LogP contribution in [0.15, 0.2) is 0 Å². The van der Waals surface area contributed by atoms with Crippen molar-refractivity contribution < 1.29 is 5.11 Å². The van der Waals surface area contributed by atoms with Crippen LogP contribution >= 0.6 is 0 Å². The van der Waals surface area contributed by atoms with E-state index in [1.807, 2.05) is 19.0 Å². The normalized spacial score (nSPS) is 14.2. The average molecular weight is 280 g/mol. The molecule has 0 aliphatic heterocycles. The molecule has 7 nitrogen and oxygen atoms in total. The molecule has 1 fully saturated rings. The standard InChI is InChI=1S/C13H24N6O/c1-4-7-14-11-15-12(18(2)3)17-13(16-11)19(8-9-20)10-5-6-10/h10,20H,4-9H2,1-3H3,(H,14,15,16,17). The molecule has 2 N–H and O–H groups in total. The van der Waals surface area contributed by atoms with Crippen molar-refractivity contribution in [2.75, 3.05) is 48.9 Å². The molecule has 1 saturated carbocycles. The minimum absolute atomic E-state index is 0.108. The summed E-state index contributed by atoms with van der Waals surface area (Å²) in [6, 6.07) is 0.457. The van der Waals surface area contributed by atoms with Gasteiger partial charge in [0, 0.05) is 33.2 Å². The number of nitrogens with one attached hydrogen (secondary N) is 1. The van der Waals surface area contributed by atoms with E-state index in [4.69, 9.17) is 0 Å². The van der Waals surface area contributed by atoms with E-state index in [9.17, 15) is 5.11 Å². The van der Waals surface area contributed by atoms with Crippen LogP contribution in [0, 0.1) is 0 Å². The van der Waals surface area contributed by atoms with Gasteiger partial charge in [0.05, 0.1) is 6.61 Å². The first-order valence-corrected chi connectivity index (χ1v) is 7.20. The van der Waals surface area contributed by atoms with Crippen molar-refractivity contribution in [3.8, 4) is 0 Å². The summed E-state index contributed by atoms with van der Waals surface area (Å²) in [6.45, 7) is 3.61. The van der Waals surface area contributed by atoms with Crippen LogP contribution in [0.2, 0.25) is 0 Å². The molecule has 7 heteroatoms. The molecular formula is C13H24N6O. The SMILES string of the molecule is CCCNc1nc(N(C)C)nc(N(CCO)C2CC2)n1. The number of nitrogens with zero attached hydrogens (tertiary/aromatic N) is 5. The van der Waals surface area contributed by atoms with Crippen LogP contribution in [0.1, 0.15) is 26.2 Å². The van der Waals surface area contributed by atoms with E-state index in [1.54, 1.807) is 0 Å². The third-order valence-corrected chi connectivity index (χ3v) is 3.13. The quantitative estimate of drug-likeness (QED) is 0.726. The number of hydrogen-bond acceptors (Lipinski definition) is 7. The van der Waals surface area contributed by atoms with E-state index < -0.39 is 0 Å². The predicted octanol–water partition coefficient (Wildman–Crippen LogP) is 0.721. The fourth-order valence-electron chi connectivity index (χ4n) is 1.94. The van der Waals surface area contributed by atoms with E-state index in [0.29, 0.717) is 30.4 Å². The Morgan fingerprint density at radius 2 is 1.90 bits per heavy atom. The summed E-state index contributed by atoms with van der Waals surface area (Å²) in [5.41, 5.74) is 0. The maximum atomic E-state index is 9.22. The molecule has 0 amide bonds. The Labute approximate surface area is 120 Å². The van der Waals surface area contributed by atoms with Gasteiger partial charge in [0.15, 0.2) is 0 Å². The molecule has 0 spiro atoms. The summed E-state index contributed by atoms with van der Waals surface area (Å²) < 4.78 is 0. The second-order valence-electron chi connectivity index (χ2n) is 5.23. The highest BCUT2D eigenvalue weighted by Crippen LogP contribution is 2.30. The fourth-order valence-corrected chi connectivity index (χ4v) is 1.94. The van der Waals surface area contributed by atoms with Gasteiger partial charge in [0.2, 0.25) is 17.8 Å². The van der Waals surface area contributed by atoms with Gasteiger partial charge in [-0.15, -0.1) is 0 Å². The van der Waals surface area contributed by atoms with Crippen LogP contribution in [0.3, 0.4) is 0 Å². The Kier molecular flexibility index (Phi) is 4.94. The Balaban J connectivity index is 2.26.